The number of aromatic hydroxyl groups is 1. The summed E-state index contributed by atoms with van der Waals surface area (Å²) in [7, 11) is 0. The molecule has 2 heteroatoms. The van der Waals surface area contributed by atoms with Gasteiger partial charge in [-0.15, -0.1) is 0 Å². The minimum absolute atomic E-state index is 0.252. The highest BCUT2D eigenvalue weighted by molar-refractivity contribution is 5.45. The van der Waals surface area contributed by atoms with Gasteiger partial charge in [0.2, 0.25) is 0 Å². The zero-order valence-electron chi connectivity index (χ0n) is 13.6. The lowest BCUT2D eigenvalue weighted by atomic mass is 9.54. The molecule has 3 aliphatic rings. The molecular weight excluding hydrogens is 272 g/mol. The minimum atomic E-state index is -0.524. The molecule has 2 saturated carbocycles. The van der Waals surface area contributed by atoms with Crippen molar-refractivity contribution in [2.24, 2.45) is 17.3 Å². The summed E-state index contributed by atoms with van der Waals surface area (Å²) in [4.78, 5) is 0. The lowest BCUT2D eigenvalue weighted by Gasteiger charge is -2.49. The van der Waals surface area contributed by atoms with E-state index in [1.807, 2.05) is 19.1 Å². The van der Waals surface area contributed by atoms with Gasteiger partial charge in [-0.05, 0) is 85.5 Å². The Balaban J connectivity index is 1.77. The second kappa shape index (κ2) is 4.38. The fourth-order valence-electron chi connectivity index (χ4n) is 5.96. The van der Waals surface area contributed by atoms with Crippen LogP contribution >= 0.6 is 0 Å². The largest absolute Gasteiger partial charge is 0.508 e. The summed E-state index contributed by atoms with van der Waals surface area (Å²) < 4.78 is 0. The Morgan fingerprint density at radius 1 is 1.27 bits per heavy atom. The van der Waals surface area contributed by atoms with Crippen molar-refractivity contribution >= 4 is 0 Å². The summed E-state index contributed by atoms with van der Waals surface area (Å²) in [5.41, 5.74) is 3.69. The Morgan fingerprint density at radius 3 is 2.82 bits per heavy atom. The molecule has 0 spiro atoms. The summed E-state index contributed by atoms with van der Waals surface area (Å²) in [6.45, 7) is 8.78. The Kier molecular flexibility index (Phi) is 2.85. The van der Waals surface area contributed by atoms with Crippen molar-refractivity contribution in [2.75, 3.05) is 0 Å². The molecule has 0 heterocycles. The average Bonchev–Trinajstić information content (AvgIpc) is 2.66. The maximum absolute atomic E-state index is 10.6. The zero-order valence-corrected chi connectivity index (χ0v) is 13.6. The van der Waals surface area contributed by atoms with Crippen LogP contribution in [0.4, 0.5) is 0 Å². The predicted octanol–water partition coefficient (Wildman–Crippen LogP) is 4.17. The molecule has 1 aromatic carbocycles. The molecule has 0 aromatic heterocycles. The van der Waals surface area contributed by atoms with Crippen LogP contribution in [0.15, 0.2) is 30.4 Å². The van der Waals surface area contributed by atoms with E-state index in [1.165, 1.54) is 29.5 Å². The van der Waals surface area contributed by atoms with Crippen LogP contribution in [-0.4, -0.2) is 15.8 Å². The molecule has 4 rings (SSSR count). The minimum Gasteiger partial charge on any atom is -0.508 e. The number of rotatable bonds is 0. The van der Waals surface area contributed by atoms with Crippen molar-refractivity contribution in [1.29, 1.82) is 0 Å². The first kappa shape index (κ1) is 14.3. The van der Waals surface area contributed by atoms with Gasteiger partial charge in [0.1, 0.15) is 5.75 Å². The Hall–Kier alpha value is -1.28. The van der Waals surface area contributed by atoms with E-state index in [9.17, 15) is 10.2 Å². The normalized spacial score (nSPS) is 43.4. The van der Waals surface area contributed by atoms with Crippen LogP contribution in [0.2, 0.25) is 0 Å². The molecular formula is C20H26O2. The highest BCUT2D eigenvalue weighted by Crippen LogP contribution is 2.63. The smallest absolute Gasteiger partial charge is 0.115 e. The number of allylic oxidation sites excluding steroid dienone is 1. The number of aliphatic hydroxyl groups is 1. The molecule has 2 fully saturated rings. The van der Waals surface area contributed by atoms with Crippen LogP contribution < -0.4 is 0 Å². The second-order valence-electron chi connectivity index (χ2n) is 8.53. The highest BCUT2D eigenvalue weighted by atomic mass is 16.3. The molecule has 22 heavy (non-hydrogen) atoms. The van der Waals surface area contributed by atoms with Gasteiger partial charge in [0, 0.05) is 0 Å². The number of fused-ring (bicyclic) bond motifs is 5. The molecule has 1 aromatic rings. The van der Waals surface area contributed by atoms with E-state index in [1.54, 1.807) is 0 Å². The fourth-order valence-corrected chi connectivity index (χ4v) is 5.96. The van der Waals surface area contributed by atoms with Gasteiger partial charge < -0.3 is 10.2 Å². The average molecular weight is 298 g/mol. The predicted molar refractivity (Wildman–Crippen MR) is 87.9 cm³/mol. The van der Waals surface area contributed by atoms with E-state index in [0.29, 0.717) is 23.5 Å². The summed E-state index contributed by atoms with van der Waals surface area (Å²) in [5.74, 6) is 1.90. The molecule has 0 amide bonds. The van der Waals surface area contributed by atoms with E-state index >= 15 is 0 Å². The van der Waals surface area contributed by atoms with E-state index < -0.39 is 5.60 Å². The molecule has 118 valence electrons. The fraction of sp³-hybridized carbons (Fsp3) is 0.600. The number of hydrogen-bond donors (Lipinski definition) is 2. The van der Waals surface area contributed by atoms with Gasteiger partial charge in [-0.1, -0.05) is 25.1 Å². The third kappa shape index (κ3) is 1.96. The number of phenolic OH excluding ortho intramolecular Hbond substituents is 1. The van der Waals surface area contributed by atoms with Gasteiger partial charge >= 0.3 is 0 Å². The second-order valence-corrected chi connectivity index (χ2v) is 8.53. The lowest BCUT2D eigenvalue weighted by Crippen LogP contribution is -2.40. The maximum Gasteiger partial charge on any atom is 0.115 e. The van der Waals surface area contributed by atoms with Crippen molar-refractivity contribution in [3.63, 3.8) is 0 Å². The van der Waals surface area contributed by atoms with Crippen molar-refractivity contribution in [3.05, 3.63) is 41.5 Å². The number of phenols is 1. The van der Waals surface area contributed by atoms with Gasteiger partial charge in [-0.3, -0.25) is 0 Å². The van der Waals surface area contributed by atoms with Gasteiger partial charge in [0.05, 0.1) is 5.60 Å². The number of hydrogen-bond acceptors (Lipinski definition) is 2. The van der Waals surface area contributed by atoms with Crippen molar-refractivity contribution in [3.8, 4) is 5.75 Å². The van der Waals surface area contributed by atoms with Gasteiger partial charge in [0.15, 0.2) is 0 Å². The molecule has 0 bridgehead atoms. The monoisotopic (exact) mass is 298 g/mol. The third-order valence-electron chi connectivity index (χ3n) is 6.65. The van der Waals surface area contributed by atoms with E-state index in [0.717, 1.165) is 19.3 Å². The van der Waals surface area contributed by atoms with Crippen molar-refractivity contribution < 1.29 is 10.2 Å². The molecule has 0 aliphatic heterocycles. The Morgan fingerprint density at radius 2 is 2.05 bits per heavy atom. The molecule has 2 nitrogen and oxygen atoms in total. The summed E-state index contributed by atoms with van der Waals surface area (Å²) >= 11 is 0. The highest BCUT2D eigenvalue weighted by Gasteiger charge is 2.56. The van der Waals surface area contributed by atoms with E-state index in [4.69, 9.17) is 0 Å². The van der Waals surface area contributed by atoms with Crippen LogP contribution in [0, 0.1) is 17.3 Å². The molecule has 5 atom stereocenters. The van der Waals surface area contributed by atoms with Crippen LogP contribution in [-0.2, 0) is 6.42 Å². The first-order valence-electron chi connectivity index (χ1n) is 8.51. The van der Waals surface area contributed by atoms with Gasteiger partial charge in [-0.25, -0.2) is 0 Å². The van der Waals surface area contributed by atoms with Crippen LogP contribution in [0.1, 0.15) is 56.6 Å². The van der Waals surface area contributed by atoms with Gasteiger partial charge in [-0.2, -0.15) is 0 Å². The third-order valence-corrected chi connectivity index (χ3v) is 6.65. The SMILES string of the molecule is C=C1Cc2cc(O)ccc2[C@H]2CC[C@]3(C)C[C@](C)(O)C[C@H]3[C@H]12. The topological polar surface area (TPSA) is 40.5 Å². The number of benzene rings is 1. The molecule has 0 unspecified atom stereocenters. The van der Waals surface area contributed by atoms with Crippen LogP contribution in [0.3, 0.4) is 0 Å². The molecule has 0 radical (unpaired) electrons. The summed E-state index contributed by atoms with van der Waals surface area (Å²) in [6.07, 6.45) is 5.05. The van der Waals surface area contributed by atoms with E-state index in [-0.39, 0.29) is 5.41 Å². The standard InChI is InChI=1S/C20H26O2/c1-12-8-13-9-14(21)4-5-15(13)16-6-7-19(2)11-20(3,22)10-17(19)18(12)16/h4-5,9,16-18,21-22H,1,6-8,10-11H2,2-3H3/t16-,17+,18-,19-,20-/m1/s1. The lowest BCUT2D eigenvalue weighted by molar-refractivity contribution is 0.0529. The first-order chi connectivity index (χ1) is 10.3. The van der Waals surface area contributed by atoms with Crippen molar-refractivity contribution in [2.45, 2.75) is 57.5 Å². The first-order valence-corrected chi connectivity index (χ1v) is 8.51. The Bertz CT molecular complexity index is 645. The Labute approximate surface area is 132 Å². The van der Waals surface area contributed by atoms with Crippen molar-refractivity contribution in [1.82, 2.24) is 0 Å². The maximum atomic E-state index is 10.6. The van der Waals surface area contributed by atoms with E-state index in [2.05, 4.69) is 19.6 Å². The summed E-state index contributed by atoms with van der Waals surface area (Å²) in [6, 6.07) is 5.85. The van der Waals surface area contributed by atoms with Crippen LogP contribution in [0.5, 0.6) is 5.75 Å². The molecule has 3 aliphatic carbocycles. The summed E-state index contributed by atoms with van der Waals surface area (Å²) in [5, 5.41) is 20.4. The molecule has 0 saturated heterocycles. The van der Waals surface area contributed by atoms with Crippen LogP contribution in [0.25, 0.3) is 0 Å². The quantitative estimate of drug-likeness (QED) is 0.706. The molecule has 2 N–H and O–H groups in total. The zero-order chi connectivity index (χ0) is 15.7. The van der Waals surface area contributed by atoms with Gasteiger partial charge in [0.25, 0.3) is 0 Å².